The zero-order valence-corrected chi connectivity index (χ0v) is 12.8. The Morgan fingerprint density at radius 3 is 2.10 bits per heavy atom. The summed E-state index contributed by atoms with van der Waals surface area (Å²) in [5.74, 6) is -0.271. The van der Waals surface area contributed by atoms with Gasteiger partial charge < -0.3 is 9.31 Å². The number of hydrogen-bond acceptors (Lipinski definition) is 3. The van der Waals surface area contributed by atoms with Gasteiger partial charge in [0.1, 0.15) is 5.82 Å². The first-order valence-electron chi connectivity index (χ1n) is 7.17. The van der Waals surface area contributed by atoms with Crippen molar-refractivity contribution < 1.29 is 13.7 Å². The minimum Gasteiger partial charge on any atom is -0.398 e. The Balaban J connectivity index is 1.94. The lowest BCUT2D eigenvalue weighted by Crippen LogP contribution is -2.41. The average molecular weight is 277 g/mol. The number of nitrogens with zero attached hydrogens (tertiary/aromatic N) is 1. The van der Waals surface area contributed by atoms with Gasteiger partial charge in [-0.15, -0.1) is 0 Å². The smallest absolute Gasteiger partial charge is 0.398 e. The summed E-state index contributed by atoms with van der Waals surface area (Å²) in [5.41, 5.74) is 0.500. The van der Waals surface area contributed by atoms with Crippen molar-refractivity contribution in [2.45, 2.75) is 64.1 Å². The van der Waals surface area contributed by atoms with Crippen LogP contribution in [0.3, 0.4) is 0 Å². The molecular formula is C15H21BFNO2. The van der Waals surface area contributed by atoms with Gasteiger partial charge in [-0.2, -0.15) is 0 Å². The minimum atomic E-state index is -0.600. The molecule has 0 N–H and O–H groups in total. The summed E-state index contributed by atoms with van der Waals surface area (Å²) >= 11 is 0. The predicted molar refractivity (Wildman–Crippen MR) is 76.5 cm³/mol. The molecule has 5 heteroatoms. The Bertz CT molecular complexity index is 539. The summed E-state index contributed by atoms with van der Waals surface area (Å²) in [6.45, 7) is 10.0. The van der Waals surface area contributed by atoms with E-state index in [0.717, 1.165) is 18.5 Å². The van der Waals surface area contributed by atoms with E-state index in [4.69, 9.17) is 9.31 Å². The molecule has 2 fully saturated rings. The van der Waals surface area contributed by atoms with E-state index in [1.807, 2.05) is 27.7 Å². The maximum Gasteiger partial charge on any atom is 0.514 e. The minimum absolute atomic E-state index is 0.0283. The Hall–Kier alpha value is -0.935. The Morgan fingerprint density at radius 1 is 1.05 bits per heavy atom. The monoisotopic (exact) mass is 277 g/mol. The summed E-state index contributed by atoms with van der Waals surface area (Å²) in [5, 5.41) is 0. The molecule has 1 aliphatic carbocycles. The van der Waals surface area contributed by atoms with Gasteiger partial charge in [0.05, 0.1) is 16.8 Å². The van der Waals surface area contributed by atoms with Gasteiger partial charge in [-0.3, -0.25) is 4.98 Å². The van der Waals surface area contributed by atoms with Crippen LogP contribution in [0.2, 0.25) is 0 Å². The van der Waals surface area contributed by atoms with Crippen molar-refractivity contribution >= 4 is 12.7 Å². The fraction of sp³-hybridized carbons (Fsp3) is 0.667. The number of pyridine rings is 1. The predicted octanol–water partition coefficient (Wildman–Crippen LogP) is 2.57. The second-order valence-corrected chi connectivity index (χ2v) is 7.24. The fourth-order valence-electron chi connectivity index (χ4n) is 2.35. The average Bonchev–Trinajstić information content (AvgIpc) is 3.01. The second-order valence-electron chi connectivity index (χ2n) is 7.24. The van der Waals surface area contributed by atoms with E-state index in [2.05, 4.69) is 11.9 Å². The third-order valence-corrected chi connectivity index (χ3v) is 4.92. The first-order chi connectivity index (χ1) is 9.13. The highest BCUT2D eigenvalue weighted by Gasteiger charge is 2.53. The second kappa shape index (κ2) is 4.04. The van der Waals surface area contributed by atoms with Gasteiger partial charge in [0.15, 0.2) is 0 Å². The molecule has 0 atom stereocenters. The lowest BCUT2D eigenvalue weighted by Gasteiger charge is -2.32. The molecule has 0 unspecified atom stereocenters. The Kier molecular flexibility index (Phi) is 2.84. The third-order valence-electron chi connectivity index (χ3n) is 4.92. The summed E-state index contributed by atoms with van der Waals surface area (Å²) in [7, 11) is -0.600. The van der Waals surface area contributed by atoms with Gasteiger partial charge in [0, 0.05) is 11.1 Å². The van der Waals surface area contributed by atoms with E-state index >= 15 is 0 Å². The number of rotatable bonds is 2. The molecule has 3 rings (SSSR count). The van der Waals surface area contributed by atoms with Crippen LogP contribution in [0.5, 0.6) is 0 Å². The first-order valence-corrected chi connectivity index (χ1v) is 7.17. The van der Waals surface area contributed by atoms with Crippen LogP contribution < -0.4 is 5.59 Å². The van der Waals surface area contributed by atoms with Crippen molar-refractivity contribution in [3.8, 4) is 0 Å². The summed E-state index contributed by atoms with van der Waals surface area (Å²) < 4.78 is 25.8. The maximum absolute atomic E-state index is 13.9. The number of halogens is 1. The fourth-order valence-corrected chi connectivity index (χ4v) is 2.35. The molecule has 0 bridgehead atoms. The van der Waals surface area contributed by atoms with E-state index in [9.17, 15) is 4.39 Å². The van der Waals surface area contributed by atoms with E-state index in [0.29, 0.717) is 5.59 Å². The standard InChI is InChI=1S/C15H21BFNO2/c1-13(2)14(3,4)20-16(19-13)12-9-10(17)8-11(18-12)15(5)6-7-15/h8-9H,6-7H2,1-5H3. The molecular weight excluding hydrogens is 256 g/mol. The highest BCUT2D eigenvalue weighted by Crippen LogP contribution is 2.46. The third kappa shape index (κ3) is 2.17. The topological polar surface area (TPSA) is 31.4 Å². The molecule has 1 aliphatic heterocycles. The summed E-state index contributed by atoms with van der Waals surface area (Å²) in [4.78, 5) is 4.59. The molecule has 108 valence electrons. The Labute approximate surface area is 120 Å². The molecule has 1 aromatic heterocycles. The van der Waals surface area contributed by atoms with E-state index < -0.39 is 18.3 Å². The number of hydrogen-bond donors (Lipinski definition) is 0. The van der Waals surface area contributed by atoms with Crippen LogP contribution in [0, 0.1) is 5.82 Å². The molecule has 0 aromatic carbocycles. The van der Waals surface area contributed by atoms with Crippen LogP contribution in [-0.2, 0) is 14.7 Å². The molecule has 1 aromatic rings. The zero-order valence-electron chi connectivity index (χ0n) is 12.8. The van der Waals surface area contributed by atoms with Crippen LogP contribution in [-0.4, -0.2) is 23.3 Å². The summed E-state index contributed by atoms with van der Waals surface area (Å²) in [6.07, 6.45) is 2.12. The highest BCUT2D eigenvalue weighted by molar-refractivity contribution is 6.61. The van der Waals surface area contributed by atoms with Crippen molar-refractivity contribution in [3.05, 3.63) is 23.6 Å². The number of aromatic nitrogens is 1. The molecule has 0 radical (unpaired) electrons. The highest BCUT2D eigenvalue weighted by atomic mass is 19.1. The molecule has 3 nitrogen and oxygen atoms in total. The van der Waals surface area contributed by atoms with Crippen molar-refractivity contribution in [2.24, 2.45) is 0 Å². The van der Waals surface area contributed by atoms with Crippen molar-refractivity contribution in [1.29, 1.82) is 0 Å². The molecule has 0 spiro atoms. The molecule has 0 amide bonds. The lowest BCUT2D eigenvalue weighted by molar-refractivity contribution is 0.00578. The van der Waals surface area contributed by atoms with Gasteiger partial charge in [0.2, 0.25) is 0 Å². The van der Waals surface area contributed by atoms with Gasteiger partial charge in [-0.25, -0.2) is 4.39 Å². The van der Waals surface area contributed by atoms with Crippen LogP contribution >= 0.6 is 0 Å². The zero-order chi connectivity index (χ0) is 14.8. The first kappa shape index (κ1) is 14.0. The lowest BCUT2D eigenvalue weighted by atomic mass is 9.83. The molecule has 2 heterocycles. The van der Waals surface area contributed by atoms with Crippen molar-refractivity contribution in [2.75, 3.05) is 0 Å². The molecule has 2 aliphatic rings. The SMILES string of the molecule is CC1(c2cc(F)cc(B3OC(C)(C)C(C)(C)O3)n2)CC1. The van der Waals surface area contributed by atoms with E-state index in [1.165, 1.54) is 12.1 Å². The molecule has 1 saturated carbocycles. The quantitative estimate of drug-likeness (QED) is 0.778. The molecule has 20 heavy (non-hydrogen) atoms. The maximum atomic E-state index is 13.9. The van der Waals surface area contributed by atoms with Gasteiger partial charge in [-0.05, 0) is 52.7 Å². The Morgan fingerprint density at radius 2 is 1.60 bits per heavy atom. The van der Waals surface area contributed by atoms with Gasteiger partial charge in [-0.1, -0.05) is 6.92 Å². The van der Waals surface area contributed by atoms with Crippen LogP contribution in [0.4, 0.5) is 4.39 Å². The van der Waals surface area contributed by atoms with E-state index in [-0.39, 0.29) is 11.2 Å². The van der Waals surface area contributed by atoms with Gasteiger partial charge >= 0.3 is 7.12 Å². The van der Waals surface area contributed by atoms with Gasteiger partial charge in [0.25, 0.3) is 0 Å². The van der Waals surface area contributed by atoms with Crippen molar-refractivity contribution in [3.63, 3.8) is 0 Å². The van der Waals surface area contributed by atoms with E-state index in [1.54, 1.807) is 0 Å². The normalized spacial score (nSPS) is 25.8. The van der Waals surface area contributed by atoms with Crippen LogP contribution in [0.25, 0.3) is 0 Å². The van der Waals surface area contributed by atoms with Crippen LogP contribution in [0.15, 0.2) is 12.1 Å². The molecule has 1 saturated heterocycles. The van der Waals surface area contributed by atoms with Crippen molar-refractivity contribution in [1.82, 2.24) is 4.98 Å². The van der Waals surface area contributed by atoms with Crippen LogP contribution in [0.1, 0.15) is 53.2 Å². The largest absolute Gasteiger partial charge is 0.514 e. The summed E-state index contributed by atoms with van der Waals surface area (Å²) in [6, 6.07) is 2.94.